The van der Waals surface area contributed by atoms with Gasteiger partial charge in [-0.2, -0.15) is 0 Å². The lowest BCUT2D eigenvalue weighted by molar-refractivity contribution is -0.171. The maximum absolute atomic E-state index is 13.1. The summed E-state index contributed by atoms with van der Waals surface area (Å²) in [5, 5.41) is 0. The molecule has 0 aliphatic heterocycles. The van der Waals surface area contributed by atoms with E-state index >= 15 is 0 Å². The molecule has 0 N–H and O–H groups in total. The largest absolute Gasteiger partial charge is 0.468 e. The van der Waals surface area contributed by atoms with Crippen LogP contribution in [-0.4, -0.2) is 56.1 Å². The summed E-state index contributed by atoms with van der Waals surface area (Å²) < 4.78 is 21.4. The van der Waals surface area contributed by atoms with Crippen molar-refractivity contribution in [3.63, 3.8) is 0 Å². The SMILES string of the molecule is C=C(C(=O)OC)[C@@H]1C[C@H](OC(C)=O)C2=C(CC[C@@H]3[C@@](C)(C(=O)OC)C(=O)CC[C@@]23C)[C@@H]1OC(C)=O. The number of carbonyl (C=O) groups is 5. The summed E-state index contributed by atoms with van der Waals surface area (Å²) in [4.78, 5) is 62.6. The fourth-order valence-corrected chi connectivity index (χ4v) is 6.67. The van der Waals surface area contributed by atoms with Crippen molar-refractivity contribution in [3.8, 4) is 0 Å². The van der Waals surface area contributed by atoms with Crippen molar-refractivity contribution < 1.29 is 42.9 Å². The number of ether oxygens (including phenoxy) is 4. The van der Waals surface area contributed by atoms with Crippen LogP contribution in [-0.2, 0) is 42.9 Å². The fraction of sp³-hybridized carbons (Fsp3) is 0.654. The number of hydrogen-bond donors (Lipinski definition) is 0. The van der Waals surface area contributed by atoms with Crippen LogP contribution in [0, 0.1) is 22.7 Å². The highest BCUT2D eigenvalue weighted by atomic mass is 16.6. The normalized spacial score (nSPS) is 34.2. The lowest BCUT2D eigenvalue weighted by atomic mass is 9.47. The van der Waals surface area contributed by atoms with Crippen LogP contribution in [0.15, 0.2) is 23.3 Å². The summed E-state index contributed by atoms with van der Waals surface area (Å²) in [6, 6.07) is 0. The van der Waals surface area contributed by atoms with E-state index in [2.05, 4.69) is 6.58 Å². The van der Waals surface area contributed by atoms with Crippen molar-refractivity contribution >= 4 is 29.7 Å². The number of Topliss-reactive ketones (excluding diaryl/α,β-unsaturated/α-hetero) is 1. The van der Waals surface area contributed by atoms with Crippen LogP contribution in [0.3, 0.4) is 0 Å². The second-order valence-corrected chi connectivity index (χ2v) is 10.1. The third-order valence-corrected chi connectivity index (χ3v) is 8.18. The minimum Gasteiger partial charge on any atom is -0.468 e. The Hall–Kier alpha value is -2.97. The Morgan fingerprint density at radius 2 is 1.60 bits per heavy atom. The van der Waals surface area contributed by atoms with Crippen LogP contribution in [0.2, 0.25) is 0 Å². The zero-order chi connectivity index (χ0) is 26.3. The monoisotopic (exact) mass is 490 g/mol. The van der Waals surface area contributed by atoms with Gasteiger partial charge in [0.05, 0.1) is 14.2 Å². The molecule has 3 aliphatic carbocycles. The van der Waals surface area contributed by atoms with Gasteiger partial charge in [-0.15, -0.1) is 0 Å². The van der Waals surface area contributed by atoms with Crippen LogP contribution in [0.1, 0.15) is 59.8 Å². The Balaban J connectivity index is 2.23. The molecule has 3 rings (SSSR count). The highest BCUT2D eigenvalue weighted by Gasteiger charge is 2.63. The van der Waals surface area contributed by atoms with E-state index < -0.39 is 58.8 Å². The summed E-state index contributed by atoms with van der Waals surface area (Å²) in [5.74, 6) is -3.51. The molecule has 0 saturated heterocycles. The van der Waals surface area contributed by atoms with Crippen LogP contribution in [0.4, 0.5) is 0 Å². The van der Waals surface area contributed by atoms with Gasteiger partial charge in [0.15, 0.2) is 0 Å². The number of carbonyl (C=O) groups excluding carboxylic acids is 5. The van der Waals surface area contributed by atoms with Crippen LogP contribution in [0.5, 0.6) is 0 Å². The molecule has 0 aromatic carbocycles. The molecule has 1 fully saturated rings. The molecule has 9 nitrogen and oxygen atoms in total. The number of esters is 4. The molecular formula is C26H34O9. The van der Waals surface area contributed by atoms with E-state index in [1.807, 2.05) is 6.92 Å². The van der Waals surface area contributed by atoms with Crippen LogP contribution < -0.4 is 0 Å². The zero-order valence-corrected chi connectivity index (χ0v) is 21.2. The maximum atomic E-state index is 13.1. The smallest absolute Gasteiger partial charge is 0.333 e. The first-order valence-corrected chi connectivity index (χ1v) is 11.8. The Kier molecular flexibility index (Phi) is 7.29. The van der Waals surface area contributed by atoms with Gasteiger partial charge in [-0.3, -0.25) is 19.2 Å². The van der Waals surface area contributed by atoms with Crippen molar-refractivity contribution in [1.29, 1.82) is 0 Å². The van der Waals surface area contributed by atoms with E-state index in [0.29, 0.717) is 19.3 Å². The maximum Gasteiger partial charge on any atom is 0.333 e. The minimum atomic E-state index is -1.36. The summed E-state index contributed by atoms with van der Waals surface area (Å²) >= 11 is 0. The summed E-state index contributed by atoms with van der Waals surface area (Å²) in [5.41, 5.74) is -0.446. The predicted molar refractivity (Wildman–Crippen MR) is 123 cm³/mol. The van der Waals surface area contributed by atoms with E-state index in [4.69, 9.17) is 18.9 Å². The number of ketones is 1. The molecule has 0 radical (unpaired) electrons. The molecule has 0 unspecified atom stereocenters. The number of hydrogen-bond acceptors (Lipinski definition) is 9. The van der Waals surface area contributed by atoms with E-state index in [0.717, 1.165) is 11.1 Å². The standard InChI is InChI=1S/C26H34O9/c1-13(23(30)32-6)17-12-18(34-14(2)27)21-16(22(17)35-15(3)28)8-9-19-25(21,4)11-10-20(29)26(19,5)24(31)33-7/h17-19,22H,1,8-12H2,2-7H3/t17-,18-,19-,22-,25+,26+/m0/s1. The highest BCUT2D eigenvalue weighted by Crippen LogP contribution is 2.62. The lowest BCUT2D eigenvalue weighted by Crippen LogP contribution is -2.58. The summed E-state index contributed by atoms with van der Waals surface area (Å²) in [6.45, 7) is 10.1. The van der Waals surface area contributed by atoms with E-state index in [-0.39, 0.29) is 24.2 Å². The van der Waals surface area contributed by atoms with Crippen molar-refractivity contribution in [1.82, 2.24) is 0 Å². The van der Waals surface area contributed by atoms with Gasteiger partial charge < -0.3 is 18.9 Å². The average molecular weight is 491 g/mol. The molecule has 0 bridgehead atoms. The molecule has 9 heteroatoms. The fourth-order valence-electron chi connectivity index (χ4n) is 6.67. The van der Waals surface area contributed by atoms with Crippen LogP contribution in [0.25, 0.3) is 0 Å². The third kappa shape index (κ3) is 4.29. The molecule has 0 amide bonds. The van der Waals surface area contributed by atoms with Gasteiger partial charge in [0.1, 0.15) is 23.4 Å². The molecule has 0 spiro atoms. The molecule has 192 valence electrons. The topological polar surface area (TPSA) is 122 Å². The van der Waals surface area contributed by atoms with Gasteiger partial charge >= 0.3 is 23.9 Å². The third-order valence-electron chi connectivity index (χ3n) is 8.18. The second kappa shape index (κ2) is 9.59. The Labute approximate surface area is 205 Å². The van der Waals surface area contributed by atoms with Gasteiger partial charge in [-0.05, 0) is 55.1 Å². The molecular weight excluding hydrogens is 456 g/mol. The average Bonchev–Trinajstić information content (AvgIpc) is 2.80. The number of methoxy groups -OCH3 is 2. The molecule has 35 heavy (non-hydrogen) atoms. The van der Waals surface area contributed by atoms with E-state index in [1.165, 1.54) is 28.1 Å². The number of fused-ring (bicyclic) bond motifs is 2. The van der Waals surface area contributed by atoms with Crippen molar-refractivity contribution in [3.05, 3.63) is 23.3 Å². The van der Waals surface area contributed by atoms with E-state index in [9.17, 15) is 24.0 Å². The second-order valence-electron chi connectivity index (χ2n) is 10.1. The molecule has 6 atom stereocenters. The van der Waals surface area contributed by atoms with E-state index in [1.54, 1.807) is 6.92 Å². The van der Waals surface area contributed by atoms with Crippen molar-refractivity contribution in [2.45, 2.75) is 72.0 Å². The Bertz CT molecular complexity index is 998. The molecule has 3 aliphatic rings. The first kappa shape index (κ1) is 26.6. The predicted octanol–water partition coefficient (Wildman–Crippen LogP) is 2.85. The van der Waals surface area contributed by atoms with Gasteiger partial charge in [-0.25, -0.2) is 4.79 Å². The molecule has 0 aromatic rings. The van der Waals surface area contributed by atoms with Gasteiger partial charge in [0, 0.05) is 31.8 Å². The quantitative estimate of drug-likeness (QED) is 0.188. The summed E-state index contributed by atoms with van der Waals surface area (Å²) in [7, 11) is 2.51. The summed E-state index contributed by atoms with van der Waals surface area (Å²) in [6.07, 6.45) is 0.0259. The first-order chi connectivity index (χ1) is 16.3. The molecule has 0 aromatic heterocycles. The highest BCUT2D eigenvalue weighted by molar-refractivity contribution is 6.04. The Morgan fingerprint density at radius 1 is 0.971 bits per heavy atom. The molecule has 1 saturated carbocycles. The Morgan fingerprint density at radius 3 is 2.14 bits per heavy atom. The van der Waals surface area contributed by atoms with Crippen molar-refractivity contribution in [2.75, 3.05) is 14.2 Å². The van der Waals surface area contributed by atoms with Gasteiger partial charge in [-0.1, -0.05) is 13.5 Å². The minimum absolute atomic E-state index is 0.118. The van der Waals surface area contributed by atoms with Crippen molar-refractivity contribution in [2.24, 2.45) is 22.7 Å². The van der Waals surface area contributed by atoms with Crippen LogP contribution >= 0.6 is 0 Å². The van der Waals surface area contributed by atoms with Gasteiger partial charge in [0.2, 0.25) is 0 Å². The lowest BCUT2D eigenvalue weighted by Gasteiger charge is -2.57. The first-order valence-electron chi connectivity index (χ1n) is 11.8. The zero-order valence-electron chi connectivity index (χ0n) is 21.2. The van der Waals surface area contributed by atoms with Gasteiger partial charge in [0.25, 0.3) is 0 Å². The number of rotatable bonds is 5. The molecule has 0 heterocycles.